The molecule has 5 heteroatoms. The lowest BCUT2D eigenvalue weighted by Gasteiger charge is -2.07. The van der Waals surface area contributed by atoms with Crippen LogP contribution in [0.15, 0.2) is 30.3 Å². The molecule has 88 valence electrons. The van der Waals surface area contributed by atoms with Crippen LogP contribution in [0.4, 0.5) is 8.78 Å². The Morgan fingerprint density at radius 1 is 0.824 bits per heavy atom. The van der Waals surface area contributed by atoms with Crippen molar-refractivity contribution in [1.82, 2.24) is 0 Å². The third-order valence-corrected chi connectivity index (χ3v) is 2.28. The molecule has 0 unspecified atom stereocenters. The van der Waals surface area contributed by atoms with E-state index in [0.717, 1.165) is 18.2 Å². The van der Waals surface area contributed by atoms with Gasteiger partial charge in [0.1, 0.15) is 11.5 Å². The van der Waals surface area contributed by atoms with E-state index in [4.69, 9.17) is 0 Å². The van der Waals surface area contributed by atoms with Crippen molar-refractivity contribution in [2.75, 3.05) is 0 Å². The fourth-order valence-corrected chi connectivity index (χ4v) is 1.52. The van der Waals surface area contributed by atoms with E-state index in [-0.39, 0.29) is 22.6 Å². The molecule has 2 aromatic rings. The molecule has 0 aliphatic rings. The highest BCUT2D eigenvalue weighted by molar-refractivity contribution is 5.72. The Kier molecular flexibility index (Phi) is 2.59. The van der Waals surface area contributed by atoms with Crippen LogP contribution in [0.2, 0.25) is 0 Å². The summed E-state index contributed by atoms with van der Waals surface area (Å²) in [7, 11) is 0. The maximum Gasteiger partial charge on any atom is 0.200 e. The van der Waals surface area contributed by atoms with Gasteiger partial charge in [0.2, 0.25) is 5.82 Å². The summed E-state index contributed by atoms with van der Waals surface area (Å²) >= 11 is 0. The van der Waals surface area contributed by atoms with Crippen LogP contribution < -0.4 is 0 Å². The van der Waals surface area contributed by atoms with Crippen molar-refractivity contribution in [2.45, 2.75) is 0 Å². The summed E-state index contributed by atoms with van der Waals surface area (Å²) in [6.07, 6.45) is 0. The quantitative estimate of drug-likeness (QED) is 0.715. The second kappa shape index (κ2) is 3.93. The first-order valence-corrected chi connectivity index (χ1v) is 4.69. The topological polar surface area (TPSA) is 60.7 Å². The van der Waals surface area contributed by atoms with E-state index in [2.05, 4.69) is 0 Å². The van der Waals surface area contributed by atoms with Crippen LogP contribution in [0.5, 0.6) is 17.2 Å². The summed E-state index contributed by atoms with van der Waals surface area (Å²) in [6, 6.07) is 5.52. The van der Waals surface area contributed by atoms with E-state index in [1.54, 1.807) is 0 Å². The van der Waals surface area contributed by atoms with Crippen molar-refractivity contribution in [3.05, 3.63) is 42.0 Å². The Balaban J connectivity index is 2.64. The molecular formula is C12H8F2O3. The lowest BCUT2D eigenvalue weighted by molar-refractivity contribution is 0.409. The van der Waals surface area contributed by atoms with Gasteiger partial charge in [-0.2, -0.15) is 4.39 Å². The zero-order valence-electron chi connectivity index (χ0n) is 8.48. The molecule has 0 amide bonds. The van der Waals surface area contributed by atoms with Gasteiger partial charge in [-0.1, -0.05) is 0 Å². The minimum Gasteiger partial charge on any atom is -0.508 e. The fraction of sp³-hybridized carbons (Fsp3) is 0. The molecule has 0 bridgehead atoms. The fourth-order valence-electron chi connectivity index (χ4n) is 1.52. The van der Waals surface area contributed by atoms with Gasteiger partial charge in [-0.05, 0) is 29.8 Å². The molecule has 0 radical (unpaired) electrons. The molecule has 0 atom stereocenters. The number of hydrogen-bond donors (Lipinski definition) is 3. The normalized spacial score (nSPS) is 10.5. The molecule has 0 saturated heterocycles. The summed E-state index contributed by atoms with van der Waals surface area (Å²) in [5.74, 6) is -3.90. The average Bonchev–Trinajstić information content (AvgIpc) is 2.24. The number of aromatic hydroxyl groups is 3. The van der Waals surface area contributed by atoms with Gasteiger partial charge in [0, 0.05) is 11.6 Å². The first-order chi connectivity index (χ1) is 7.99. The maximum absolute atomic E-state index is 13.1. The molecule has 17 heavy (non-hydrogen) atoms. The number of benzene rings is 2. The maximum atomic E-state index is 13.1. The van der Waals surface area contributed by atoms with E-state index >= 15 is 0 Å². The van der Waals surface area contributed by atoms with Crippen LogP contribution in [-0.2, 0) is 0 Å². The molecule has 0 aliphatic carbocycles. The molecule has 0 heterocycles. The summed E-state index contributed by atoms with van der Waals surface area (Å²) < 4.78 is 25.9. The van der Waals surface area contributed by atoms with Gasteiger partial charge in [0.15, 0.2) is 11.6 Å². The zero-order valence-corrected chi connectivity index (χ0v) is 8.48. The SMILES string of the molecule is Oc1cc(O)cc(-c2ccc(F)c(F)c2O)c1. The average molecular weight is 238 g/mol. The number of rotatable bonds is 1. The first-order valence-electron chi connectivity index (χ1n) is 4.69. The molecule has 0 aromatic heterocycles. The molecular weight excluding hydrogens is 230 g/mol. The van der Waals surface area contributed by atoms with Crippen LogP contribution >= 0.6 is 0 Å². The molecule has 2 rings (SSSR count). The minimum atomic E-state index is -1.37. The Hall–Kier alpha value is -2.30. The summed E-state index contributed by atoms with van der Waals surface area (Å²) in [4.78, 5) is 0. The van der Waals surface area contributed by atoms with Crippen LogP contribution in [0, 0.1) is 11.6 Å². The molecule has 0 fully saturated rings. The van der Waals surface area contributed by atoms with Gasteiger partial charge in [-0.3, -0.25) is 0 Å². The van der Waals surface area contributed by atoms with Crippen molar-refractivity contribution in [3.8, 4) is 28.4 Å². The Bertz CT molecular complexity index is 562. The highest BCUT2D eigenvalue weighted by atomic mass is 19.2. The van der Waals surface area contributed by atoms with Crippen molar-refractivity contribution in [1.29, 1.82) is 0 Å². The van der Waals surface area contributed by atoms with E-state index in [1.165, 1.54) is 12.1 Å². The second-order valence-corrected chi connectivity index (χ2v) is 3.50. The summed E-state index contributed by atoms with van der Waals surface area (Å²) in [6.45, 7) is 0. The molecule has 3 N–H and O–H groups in total. The van der Waals surface area contributed by atoms with E-state index in [1.807, 2.05) is 0 Å². The van der Waals surface area contributed by atoms with Gasteiger partial charge >= 0.3 is 0 Å². The first kappa shape index (κ1) is 11.2. The van der Waals surface area contributed by atoms with E-state index in [9.17, 15) is 24.1 Å². The van der Waals surface area contributed by atoms with Crippen LogP contribution in [0.1, 0.15) is 0 Å². The number of halogens is 2. The van der Waals surface area contributed by atoms with Gasteiger partial charge in [-0.25, -0.2) is 4.39 Å². The van der Waals surface area contributed by atoms with E-state index in [0.29, 0.717) is 0 Å². The van der Waals surface area contributed by atoms with Gasteiger partial charge in [0.05, 0.1) is 0 Å². The van der Waals surface area contributed by atoms with Crippen LogP contribution in [0.25, 0.3) is 11.1 Å². The number of phenolic OH excluding ortho intramolecular Hbond substituents is 3. The monoisotopic (exact) mass is 238 g/mol. The van der Waals surface area contributed by atoms with E-state index < -0.39 is 17.4 Å². The molecule has 2 aromatic carbocycles. The molecule has 3 nitrogen and oxygen atoms in total. The summed E-state index contributed by atoms with van der Waals surface area (Å²) in [5.41, 5.74) is 0.161. The third-order valence-electron chi connectivity index (χ3n) is 2.28. The van der Waals surface area contributed by atoms with Crippen molar-refractivity contribution in [3.63, 3.8) is 0 Å². The highest BCUT2D eigenvalue weighted by Gasteiger charge is 2.14. The van der Waals surface area contributed by atoms with Crippen molar-refractivity contribution < 1.29 is 24.1 Å². The Morgan fingerprint density at radius 2 is 1.41 bits per heavy atom. The van der Waals surface area contributed by atoms with Crippen molar-refractivity contribution >= 4 is 0 Å². The van der Waals surface area contributed by atoms with Crippen LogP contribution in [-0.4, -0.2) is 15.3 Å². The standard InChI is InChI=1S/C12H8F2O3/c13-10-2-1-9(12(17)11(10)14)6-3-7(15)5-8(16)4-6/h1-5,15-17H. The third kappa shape index (κ3) is 1.99. The van der Waals surface area contributed by atoms with Gasteiger partial charge in [-0.15, -0.1) is 0 Å². The molecule has 0 saturated carbocycles. The largest absolute Gasteiger partial charge is 0.508 e. The second-order valence-electron chi connectivity index (χ2n) is 3.50. The minimum absolute atomic E-state index is 0.0184. The lowest BCUT2D eigenvalue weighted by atomic mass is 10.0. The zero-order chi connectivity index (χ0) is 12.6. The number of hydrogen-bond acceptors (Lipinski definition) is 3. The highest BCUT2D eigenvalue weighted by Crippen LogP contribution is 2.36. The summed E-state index contributed by atoms with van der Waals surface area (Å²) in [5, 5.41) is 28.0. The molecule has 0 aliphatic heterocycles. The smallest absolute Gasteiger partial charge is 0.200 e. The Morgan fingerprint density at radius 3 is 2.00 bits per heavy atom. The van der Waals surface area contributed by atoms with Crippen molar-refractivity contribution in [2.24, 2.45) is 0 Å². The predicted octanol–water partition coefficient (Wildman–Crippen LogP) is 2.75. The molecule has 0 spiro atoms. The van der Waals surface area contributed by atoms with Gasteiger partial charge < -0.3 is 15.3 Å². The number of phenols is 3. The predicted molar refractivity (Wildman–Crippen MR) is 56.8 cm³/mol. The Labute approximate surface area is 95.2 Å². The lowest BCUT2D eigenvalue weighted by Crippen LogP contribution is -1.88. The van der Waals surface area contributed by atoms with Crippen LogP contribution in [0.3, 0.4) is 0 Å². The van der Waals surface area contributed by atoms with Gasteiger partial charge in [0.25, 0.3) is 0 Å².